The highest BCUT2D eigenvalue weighted by Crippen LogP contribution is 2.51. The van der Waals surface area contributed by atoms with Gasteiger partial charge in [0.25, 0.3) is 0 Å². The molecule has 35 heavy (non-hydrogen) atoms. The lowest BCUT2D eigenvalue weighted by Gasteiger charge is -2.33. The van der Waals surface area contributed by atoms with Gasteiger partial charge >= 0.3 is 0 Å². The zero-order valence-electron chi connectivity index (χ0n) is 20.7. The molecule has 0 radical (unpaired) electrons. The first kappa shape index (κ1) is 21.9. The zero-order valence-corrected chi connectivity index (χ0v) is 20.7. The first-order valence-electron chi connectivity index (χ1n) is 12.9. The Morgan fingerprint density at radius 3 is 1.46 bits per heavy atom. The molecule has 172 valence electrons. The highest BCUT2D eigenvalue weighted by molar-refractivity contribution is 5.84. The smallest absolute Gasteiger partial charge is 0.0105 e. The molecule has 6 rings (SSSR count). The van der Waals surface area contributed by atoms with Gasteiger partial charge in [-0.2, -0.15) is 0 Å². The van der Waals surface area contributed by atoms with Crippen molar-refractivity contribution >= 4 is 12.2 Å². The van der Waals surface area contributed by atoms with Gasteiger partial charge in [-0.25, -0.2) is 0 Å². The van der Waals surface area contributed by atoms with Crippen LogP contribution in [0.25, 0.3) is 34.4 Å². The van der Waals surface area contributed by atoms with E-state index in [1.807, 2.05) is 0 Å². The second-order valence-corrected chi connectivity index (χ2v) is 10.3. The summed E-state index contributed by atoms with van der Waals surface area (Å²) in [4.78, 5) is 0. The van der Waals surface area contributed by atoms with Crippen LogP contribution in [0, 0.1) is 5.41 Å². The van der Waals surface area contributed by atoms with Crippen LogP contribution in [0.4, 0.5) is 0 Å². The summed E-state index contributed by atoms with van der Waals surface area (Å²) in [6.45, 7) is 4.82. The van der Waals surface area contributed by atoms with Gasteiger partial charge in [-0.1, -0.05) is 141 Å². The van der Waals surface area contributed by atoms with Crippen LogP contribution in [0.5, 0.6) is 0 Å². The molecule has 0 aromatic heterocycles. The molecule has 0 heteroatoms. The fourth-order valence-electron chi connectivity index (χ4n) is 6.21. The van der Waals surface area contributed by atoms with E-state index in [1.165, 1.54) is 57.3 Å². The largest absolute Gasteiger partial charge is 0.0653 e. The average molecular weight is 453 g/mol. The normalized spacial score (nSPS) is 14.3. The molecular formula is C35H32. The van der Waals surface area contributed by atoms with Crippen molar-refractivity contribution in [3.8, 4) is 22.3 Å². The molecule has 0 unspecified atom stereocenters. The van der Waals surface area contributed by atoms with Crippen molar-refractivity contribution < 1.29 is 0 Å². The number of hydrogen-bond donors (Lipinski definition) is 0. The van der Waals surface area contributed by atoms with Crippen molar-refractivity contribution in [2.24, 2.45) is 5.41 Å². The minimum atomic E-state index is 0.0642. The number of allylic oxidation sites excluding steroid dienone is 2. The van der Waals surface area contributed by atoms with Gasteiger partial charge in [0.1, 0.15) is 0 Å². The molecule has 0 saturated carbocycles. The number of fused-ring (bicyclic) bond motifs is 2. The average Bonchev–Trinajstić information content (AvgIpc) is 3.55. The van der Waals surface area contributed by atoms with Crippen LogP contribution in [-0.2, 0) is 12.8 Å². The van der Waals surface area contributed by atoms with E-state index in [1.54, 1.807) is 11.1 Å². The third-order valence-electron chi connectivity index (χ3n) is 8.13. The predicted molar refractivity (Wildman–Crippen MR) is 150 cm³/mol. The van der Waals surface area contributed by atoms with Crippen molar-refractivity contribution in [2.45, 2.75) is 39.5 Å². The molecule has 0 atom stereocenters. The molecule has 0 bridgehead atoms. The van der Waals surface area contributed by atoms with Crippen LogP contribution in [0.2, 0.25) is 0 Å². The van der Waals surface area contributed by atoms with E-state index in [0.29, 0.717) is 0 Å². The molecule has 4 aromatic carbocycles. The lowest BCUT2D eigenvalue weighted by molar-refractivity contribution is 0.424. The summed E-state index contributed by atoms with van der Waals surface area (Å²) in [6.07, 6.45) is 9.49. The van der Waals surface area contributed by atoms with Gasteiger partial charge in [0, 0.05) is 5.41 Å². The molecule has 2 aliphatic rings. The molecule has 0 amide bonds. The Morgan fingerprint density at radius 1 is 0.571 bits per heavy atom. The molecular weight excluding hydrogens is 420 g/mol. The number of benzene rings is 4. The van der Waals surface area contributed by atoms with Crippen LogP contribution in [0.15, 0.2) is 108 Å². The molecule has 0 spiro atoms. The second kappa shape index (κ2) is 8.86. The molecule has 0 heterocycles. The van der Waals surface area contributed by atoms with Gasteiger partial charge < -0.3 is 0 Å². The molecule has 4 aromatic rings. The Hall–Kier alpha value is -3.64. The van der Waals surface area contributed by atoms with Gasteiger partial charge in [-0.05, 0) is 63.8 Å². The Labute approximate surface area is 209 Å². The van der Waals surface area contributed by atoms with Gasteiger partial charge in [0.05, 0.1) is 0 Å². The Balaban J connectivity index is 1.42. The lowest BCUT2D eigenvalue weighted by Crippen LogP contribution is -2.22. The Morgan fingerprint density at radius 2 is 1.03 bits per heavy atom. The van der Waals surface area contributed by atoms with E-state index in [2.05, 4.69) is 123 Å². The van der Waals surface area contributed by atoms with Crippen LogP contribution >= 0.6 is 0 Å². The monoisotopic (exact) mass is 452 g/mol. The van der Waals surface area contributed by atoms with Crippen molar-refractivity contribution in [1.82, 2.24) is 0 Å². The zero-order chi connectivity index (χ0) is 23.8. The minimum Gasteiger partial charge on any atom is -0.0653 e. The number of rotatable bonds is 6. The molecule has 0 saturated heterocycles. The van der Waals surface area contributed by atoms with Crippen molar-refractivity contribution in [2.75, 3.05) is 0 Å². The third-order valence-corrected chi connectivity index (χ3v) is 8.13. The van der Waals surface area contributed by atoms with Crippen LogP contribution in [-0.4, -0.2) is 0 Å². The van der Waals surface area contributed by atoms with Gasteiger partial charge in [-0.3, -0.25) is 0 Å². The van der Waals surface area contributed by atoms with Gasteiger partial charge in [-0.15, -0.1) is 0 Å². The quantitative estimate of drug-likeness (QED) is 0.273. The first-order chi connectivity index (χ1) is 17.2. The summed E-state index contributed by atoms with van der Waals surface area (Å²) in [6, 6.07) is 35.3. The molecule has 0 nitrogen and oxygen atoms in total. The van der Waals surface area contributed by atoms with E-state index in [-0.39, 0.29) is 5.41 Å². The molecule has 2 aliphatic carbocycles. The van der Waals surface area contributed by atoms with Crippen LogP contribution in [0.3, 0.4) is 0 Å². The summed E-state index contributed by atoms with van der Waals surface area (Å²) in [5.41, 5.74) is 14.3. The van der Waals surface area contributed by atoms with Crippen molar-refractivity contribution in [3.05, 3.63) is 130 Å². The summed E-state index contributed by atoms with van der Waals surface area (Å²) < 4.78 is 0. The molecule has 0 aliphatic heterocycles. The van der Waals surface area contributed by atoms with Crippen LogP contribution < -0.4 is 0 Å². The fraction of sp³-hybridized carbons (Fsp3) is 0.200. The highest BCUT2D eigenvalue weighted by atomic mass is 14.4. The van der Waals surface area contributed by atoms with E-state index in [0.717, 1.165) is 12.8 Å². The summed E-state index contributed by atoms with van der Waals surface area (Å²) in [5.74, 6) is 0. The maximum Gasteiger partial charge on any atom is 0.0105 e. The summed E-state index contributed by atoms with van der Waals surface area (Å²) >= 11 is 0. The predicted octanol–water partition coefficient (Wildman–Crippen LogP) is 9.41. The van der Waals surface area contributed by atoms with Crippen molar-refractivity contribution in [3.63, 3.8) is 0 Å². The van der Waals surface area contributed by atoms with Crippen molar-refractivity contribution in [1.29, 1.82) is 0 Å². The maximum atomic E-state index is 2.52. The molecule has 0 fully saturated rings. The Bertz CT molecular complexity index is 1330. The SMILES string of the molecule is CCCC(C)(C1=Cc2c(cccc2-c2ccccc2)C1)C1=Cc2c(cccc2-c2ccccc2)C1. The van der Waals surface area contributed by atoms with E-state index < -0.39 is 0 Å². The molecule has 0 N–H and O–H groups in total. The van der Waals surface area contributed by atoms with Crippen LogP contribution in [0.1, 0.15) is 48.9 Å². The van der Waals surface area contributed by atoms with E-state index in [9.17, 15) is 0 Å². The summed E-state index contributed by atoms with van der Waals surface area (Å²) in [7, 11) is 0. The Kier molecular flexibility index (Phi) is 5.53. The fourth-order valence-corrected chi connectivity index (χ4v) is 6.21. The van der Waals surface area contributed by atoms with Gasteiger partial charge in [0.2, 0.25) is 0 Å². The van der Waals surface area contributed by atoms with E-state index in [4.69, 9.17) is 0 Å². The summed E-state index contributed by atoms with van der Waals surface area (Å²) in [5, 5.41) is 0. The van der Waals surface area contributed by atoms with E-state index >= 15 is 0 Å². The van der Waals surface area contributed by atoms with Gasteiger partial charge in [0.15, 0.2) is 0 Å². The second-order valence-electron chi connectivity index (χ2n) is 10.3. The lowest BCUT2D eigenvalue weighted by atomic mass is 9.71. The maximum absolute atomic E-state index is 2.52. The topological polar surface area (TPSA) is 0 Å². The third kappa shape index (κ3) is 3.78. The highest BCUT2D eigenvalue weighted by Gasteiger charge is 2.37. The standard InChI is InChI=1S/C35H32/c1-3-20-35(2,29-21-27-16-10-18-31(33(27)23-29)25-12-6-4-7-13-25)30-22-28-17-11-19-32(34(28)24-30)26-14-8-5-9-15-26/h4-19,23-24H,3,20-22H2,1-2H3. The first-order valence-corrected chi connectivity index (χ1v) is 12.9. The minimum absolute atomic E-state index is 0.0642. The number of hydrogen-bond acceptors (Lipinski definition) is 0.